The van der Waals surface area contributed by atoms with E-state index in [1.165, 1.54) is 0 Å². The van der Waals surface area contributed by atoms with Crippen molar-refractivity contribution in [2.75, 3.05) is 5.32 Å². The zero-order valence-corrected chi connectivity index (χ0v) is 7.21. The molecule has 0 fully saturated rings. The monoisotopic (exact) mass is 180 g/mol. The Bertz CT molecular complexity index is 327. The number of hydrogen-bond acceptors (Lipinski definition) is 3. The van der Waals surface area contributed by atoms with Crippen molar-refractivity contribution in [3.63, 3.8) is 0 Å². The molecule has 3 nitrogen and oxygen atoms in total. The number of carbonyl (C=O) groups is 1. The second-order valence-electron chi connectivity index (χ2n) is 2.72. The summed E-state index contributed by atoms with van der Waals surface area (Å²) in [5.41, 5.74) is 1.05. The van der Waals surface area contributed by atoms with Crippen LogP contribution in [0.4, 0.5) is 5.82 Å². The summed E-state index contributed by atoms with van der Waals surface area (Å²) in [6, 6.07) is 3.81. The van der Waals surface area contributed by atoms with Gasteiger partial charge in [0.05, 0.1) is 5.25 Å². The van der Waals surface area contributed by atoms with Gasteiger partial charge in [0.15, 0.2) is 0 Å². The van der Waals surface area contributed by atoms with Gasteiger partial charge in [-0.25, -0.2) is 4.98 Å². The molecule has 1 N–H and O–H groups in total. The van der Waals surface area contributed by atoms with Crippen molar-refractivity contribution in [3.05, 3.63) is 23.9 Å². The summed E-state index contributed by atoms with van der Waals surface area (Å²) in [5, 5.41) is 2.45. The van der Waals surface area contributed by atoms with Crippen molar-refractivity contribution in [2.24, 2.45) is 0 Å². The first-order valence-corrected chi connectivity index (χ1v) is 4.22. The van der Waals surface area contributed by atoms with E-state index >= 15 is 0 Å². The van der Waals surface area contributed by atoms with Gasteiger partial charge in [0.1, 0.15) is 5.82 Å². The Kier molecular flexibility index (Phi) is 1.77. The van der Waals surface area contributed by atoms with Gasteiger partial charge in [-0.2, -0.15) is 12.6 Å². The summed E-state index contributed by atoms with van der Waals surface area (Å²) in [5.74, 6) is 0.609. The van der Waals surface area contributed by atoms with E-state index in [0.717, 1.165) is 5.56 Å². The first-order valence-electron chi connectivity index (χ1n) is 3.70. The van der Waals surface area contributed by atoms with Crippen LogP contribution in [0.5, 0.6) is 0 Å². The number of pyridine rings is 1. The third kappa shape index (κ3) is 1.18. The summed E-state index contributed by atoms with van der Waals surface area (Å²) in [6.07, 6.45) is 2.33. The maximum atomic E-state index is 11.1. The number of nitrogens with one attached hydrogen (secondary N) is 1. The van der Waals surface area contributed by atoms with Gasteiger partial charge in [-0.15, -0.1) is 0 Å². The molecule has 0 saturated heterocycles. The summed E-state index contributed by atoms with van der Waals surface area (Å²) in [7, 11) is 0. The van der Waals surface area contributed by atoms with Crippen LogP contribution in [0.1, 0.15) is 5.56 Å². The standard InChI is InChI=1S/C8H8N2OS/c11-8-6(12)4-5-2-1-3-9-7(5)10-8/h1-3,6,12H,4H2,(H,9,10,11). The molecule has 1 aliphatic heterocycles. The molecule has 1 amide bonds. The van der Waals surface area contributed by atoms with Crippen molar-refractivity contribution in [1.29, 1.82) is 0 Å². The molecule has 1 unspecified atom stereocenters. The zero-order chi connectivity index (χ0) is 8.55. The molecule has 62 valence electrons. The lowest BCUT2D eigenvalue weighted by Crippen LogP contribution is -2.31. The van der Waals surface area contributed by atoms with Crippen molar-refractivity contribution < 1.29 is 4.79 Å². The van der Waals surface area contributed by atoms with Gasteiger partial charge < -0.3 is 5.32 Å². The average Bonchev–Trinajstić information content (AvgIpc) is 2.07. The Morgan fingerprint density at radius 2 is 2.50 bits per heavy atom. The first-order chi connectivity index (χ1) is 5.77. The fourth-order valence-electron chi connectivity index (χ4n) is 1.22. The lowest BCUT2D eigenvalue weighted by molar-refractivity contribution is -0.115. The van der Waals surface area contributed by atoms with Crippen molar-refractivity contribution in [2.45, 2.75) is 11.7 Å². The molecule has 1 aliphatic rings. The quantitative estimate of drug-likeness (QED) is 0.582. The largest absolute Gasteiger partial charge is 0.310 e. The fraction of sp³-hybridized carbons (Fsp3) is 0.250. The highest BCUT2D eigenvalue weighted by Crippen LogP contribution is 2.21. The van der Waals surface area contributed by atoms with E-state index in [0.29, 0.717) is 12.2 Å². The zero-order valence-electron chi connectivity index (χ0n) is 6.32. The topological polar surface area (TPSA) is 42.0 Å². The highest BCUT2D eigenvalue weighted by molar-refractivity contribution is 7.81. The van der Waals surface area contributed by atoms with Crippen molar-refractivity contribution >= 4 is 24.4 Å². The van der Waals surface area contributed by atoms with Crippen LogP contribution in [0, 0.1) is 0 Å². The van der Waals surface area contributed by atoms with Crippen LogP contribution >= 0.6 is 12.6 Å². The molecule has 4 heteroatoms. The van der Waals surface area contributed by atoms with E-state index in [1.807, 2.05) is 12.1 Å². The van der Waals surface area contributed by atoms with Crippen LogP contribution in [-0.4, -0.2) is 16.1 Å². The molecule has 0 spiro atoms. The van der Waals surface area contributed by atoms with Crippen LogP contribution < -0.4 is 5.32 Å². The van der Waals surface area contributed by atoms with E-state index in [4.69, 9.17) is 0 Å². The van der Waals surface area contributed by atoms with Crippen LogP contribution in [-0.2, 0) is 11.2 Å². The van der Waals surface area contributed by atoms with E-state index in [9.17, 15) is 4.79 Å². The van der Waals surface area contributed by atoms with Crippen molar-refractivity contribution in [1.82, 2.24) is 4.98 Å². The number of hydrogen-bond donors (Lipinski definition) is 2. The molecule has 12 heavy (non-hydrogen) atoms. The number of rotatable bonds is 0. The van der Waals surface area contributed by atoms with E-state index in [-0.39, 0.29) is 11.2 Å². The van der Waals surface area contributed by atoms with Gasteiger partial charge >= 0.3 is 0 Å². The average molecular weight is 180 g/mol. The molecule has 0 bridgehead atoms. The van der Waals surface area contributed by atoms with Gasteiger partial charge in [0.2, 0.25) is 5.91 Å². The molecule has 2 rings (SSSR count). The second-order valence-corrected chi connectivity index (χ2v) is 3.34. The van der Waals surface area contributed by atoms with Crippen LogP contribution in [0.25, 0.3) is 0 Å². The van der Waals surface area contributed by atoms with Gasteiger partial charge in [0.25, 0.3) is 0 Å². The lowest BCUT2D eigenvalue weighted by atomic mass is 10.1. The Morgan fingerprint density at radius 1 is 1.67 bits per heavy atom. The normalized spacial score (nSPS) is 21.4. The first kappa shape index (κ1) is 7.61. The van der Waals surface area contributed by atoms with E-state index < -0.39 is 0 Å². The number of carbonyl (C=O) groups excluding carboxylic acids is 1. The molecular weight excluding hydrogens is 172 g/mol. The predicted molar refractivity (Wildman–Crippen MR) is 49.3 cm³/mol. The molecule has 1 aromatic heterocycles. The van der Waals surface area contributed by atoms with E-state index in [2.05, 4.69) is 22.9 Å². The minimum Gasteiger partial charge on any atom is -0.310 e. The highest BCUT2D eigenvalue weighted by Gasteiger charge is 2.22. The smallest absolute Gasteiger partial charge is 0.238 e. The Morgan fingerprint density at radius 3 is 3.33 bits per heavy atom. The van der Waals surface area contributed by atoms with Crippen LogP contribution in [0.3, 0.4) is 0 Å². The van der Waals surface area contributed by atoms with Gasteiger partial charge in [0, 0.05) is 6.20 Å². The Hall–Kier alpha value is -1.03. The number of amides is 1. The van der Waals surface area contributed by atoms with Gasteiger partial charge in [-0.3, -0.25) is 4.79 Å². The van der Waals surface area contributed by atoms with E-state index in [1.54, 1.807) is 6.20 Å². The molecule has 0 aromatic carbocycles. The number of fused-ring (bicyclic) bond motifs is 1. The van der Waals surface area contributed by atoms with Crippen LogP contribution in [0.15, 0.2) is 18.3 Å². The molecular formula is C8H8N2OS. The van der Waals surface area contributed by atoms with Gasteiger partial charge in [-0.1, -0.05) is 6.07 Å². The fourth-order valence-corrected chi connectivity index (χ4v) is 1.48. The Labute approximate surface area is 75.6 Å². The SMILES string of the molecule is O=C1Nc2ncccc2CC1S. The number of nitrogens with zero attached hydrogens (tertiary/aromatic N) is 1. The van der Waals surface area contributed by atoms with Crippen LogP contribution in [0.2, 0.25) is 0 Å². The molecule has 0 saturated carbocycles. The summed E-state index contributed by atoms with van der Waals surface area (Å²) >= 11 is 4.14. The predicted octanol–water partition coefficient (Wildman–Crippen LogP) is 0.875. The molecule has 0 radical (unpaired) electrons. The number of anilines is 1. The van der Waals surface area contributed by atoms with Crippen molar-refractivity contribution in [3.8, 4) is 0 Å². The maximum Gasteiger partial charge on any atom is 0.238 e. The number of thiol groups is 1. The molecule has 1 atom stereocenters. The molecule has 0 aliphatic carbocycles. The minimum atomic E-state index is -0.235. The van der Waals surface area contributed by atoms with Gasteiger partial charge in [-0.05, 0) is 18.1 Å². The number of aromatic nitrogens is 1. The minimum absolute atomic E-state index is 0.0652. The summed E-state index contributed by atoms with van der Waals surface area (Å²) in [6.45, 7) is 0. The lowest BCUT2D eigenvalue weighted by Gasteiger charge is -2.19. The third-order valence-electron chi connectivity index (χ3n) is 1.85. The molecule has 1 aromatic rings. The third-order valence-corrected chi connectivity index (χ3v) is 2.27. The second kappa shape index (κ2) is 2.79. The summed E-state index contributed by atoms with van der Waals surface area (Å²) < 4.78 is 0. The Balaban J connectivity index is 2.40. The molecule has 2 heterocycles. The highest BCUT2D eigenvalue weighted by atomic mass is 32.1. The maximum absolute atomic E-state index is 11.1. The summed E-state index contributed by atoms with van der Waals surface area (Å²) in [4.78, 5) is 15.2.